The first-order valence-corrected chi connectivity index (χ1v) is 10.8. The molecule has 3 aliphatic rings. The average molecular weight is 399 g/mol. The van der Waals surface area contributed by atoms with Crippen molar-refractivity contribution < 1.29 is 14.4 Å². The fourth-order valence-electron chi connectivity index (χ4n) is 4.74. The minimum atomic E-state index is -0.370. The van der Waals surface area contributed by atoms with Gasteiger partial charge in [-0.05, 0) is 57.7 Å². The first-order chi connectivity index (χ1) is 14.0. The van der Waals surface area contributed by atoms with Crippen LogP contribution in [0.1, 0.15) is 39.0 Å². The van der Waals surface area contributed by atoms with E-state index in [2.05, 4.69) is 10.2 Å². The number of likely N-dealkylation sites (tertiary alicyclic amines) is 2. The SMILES string of the molecule is CC(C(=O)N1CC(=O)Nc2ccccc21)N1CCCC(C(=O)N2CCCCC2)C1. The number of nitrogens with one attached hydrogen (secondary N) is 1. The molecule has 0 saturated carbocycles. The number of piperidine rings is 2. The quantitative estimate of drug-likeness (QED) is 0.846. The van der Waals surface area contributed by atoms with Crippen LogP contribution in [0.25, 0.3) is 0 Å². The molecule has 7 nitrogen and oxygen atoms in total. The van der Waals surface area contributed by atoms with Crippen LogP contribution in [-0.4, -0.2) is 66.3 Å². The third-order valence-corrected chi connectivity index (χ3v) is 6.41. The maximum absolute atomic E-state index is 13.3. The summed E-state index contributed by atoms with van der Waals surface area (Å²) in [5, 5.41) is 2.82. The van der Waals surface area contributed by atoms with E-state index < -0.39 is 0 Å². The van der Waals surface area contributed by atoms with Crippen LogP contribution in [-0.2, 0) is 14.4 Å². The maximum Gasteiger partial charge on any atom is 0.244 e. The van der Waals surface area contributed by atoms with Crippen LogP contribution in [0.15, 0.2) is 24.3 Å². The third-order valence-electron chi connectivity index (χ3n) is 6.41. The monoisotopic (exact) mass is 398 g/mol. The zero-order valence-electron chi connectivity index (χ0n) is 17.1. The van der Waals surface area contributed by atoms with Crippen molar-refractivity contribution >= 4 is 29.1 Å². The molecule has 4 rings (SSSR count). The lowest BCUT2D eigenvalue weighted by Gasteiger charge is -2.40. The number of benzene rings is 1. The predicted octanol–water partition coefficient (Wildman–Crippen LogP) is 2.08. The number of carbonyl (C=O) groups is 3. The Bertz CT molecular complexity index is 790. The van der Waals surface area contributed by atoms with E-state index in [1.807, 2.05) is 36.1 Å². The topological polar surface area (TPSA) is 73.0 Å². The van der Waals surface area contributed by atoms with Crippen LogP contribution < -0.4 is 10.2 Å². The largest absolute Gasteiger partial charge is 0.342 e. The summed E-state index contributed by atoms with van der Waals surface area (Å²) in [7, 11) is 0. The van der Waals surface area contributed by atoms with Crippen LogP contribution >= 0.6 is 0 Å². The molecule has 3 heterocycles. The van der Waals surface area contributed by atoms with Crippen LogP contribution in [0.4, 0.5) is 11.4 Å². The second kappa shape index (κ2) is 8.53. The second-order valence-electron chi connectivity index (χ2n) is 8.39. The molecular weight excluding hydrogens is 368 g/mol. The molecule has 1 aromatic rings. The molecule has 3 amide bonds. The zero-order valence-corrected chi connectivity index (χ0v) is 17.1. The van der Waals surface area contributed by atoms with Crippen molar-refractivity contribution in [3.05, 3.63) is 24.3 Å². The van der Waals surface area contributed by atoms with Crippen LogP contribution in [0.5, 0.6) is 0 Å². The standard InChI is InChI=1S/C22H30N4O3/c1-16(21(28)26-15-20(27)23-18-9-3-4-10-19(18)26)25-13-7-8-17(14-25)22(29)24-11-5-2-6-12-24/h3-4,9-10,16-17H,2,5-8,11-15H2,1H3,(H,23,27). The molecule has 2 unspecified atom stereocenters. The van der Waals surface area contributed by atoms with Crippen molar-refractivity contribution in [1.29, 1.82) is 0 Å². The highest BCUT2D eigenvalue weighted by molar-refractivity contribution is 6.11. The molecule has 156 valence electrons. The van der Waals surface area contributed by atoms with Gasteiger partial charge in [0.15, 0.2) is 0 Å². The van der Waals surface area contributed by atoms with Gasteiger partial charge in [-0.25, -0.2) is 0 Å². The highest BCUT2D eigenvalue weighted by Crippen LogP contribution is 2.30. The number of hydrogen-bond acceptors (Lipinski definition) is 4. The lowest BCUT2D eigenvalue weighted by Crippen LogP contribution is -2.55. The van der Waals surface area contributed by atoms with Crippen molar-refractivity contribution in [2.45, 2.75) is 45.1 Å². The first-order valence-electron chi connectivity index (χ1n) is 10.8. The van der Waals surface area contributed by atoms with Gasteiger partial charge in [0.25, 0.3) is 0 Å². The van der Waals surface area contributed by atoms with Gasteiger partial charge in [0.2, 0.25) is 17.7 Å². The van der Waals surface area contributed by atoms with Crippen molar-refractivity contribution in [2.75, 3.05) is 42.9 Å². The number of anilines is 2. The van der Waals surface area contributed by atoms with Gasteiger partial charge in [0, 0.05) is 19.6 Å². The highest BCUT2D eigenvalue weighted by atomic mass is 16.2. The van der Waals surface area contributed by atoms with E-state index in [4.69, 9.17) is 0 Å². The molecule has 0 aliphatic carbocycles. The smallest absolute Gasteiger partial charge is 0.244 e. The van der Waals surface area contributed by atoms with Crippen molar-refractivity contribution in [1.82, 2.24) is 9.80 Å². The fraction of sp³-hybridized carbons (Fsp3) is 0.591. The van der Waals surface area contributed by atoms with Gasteiger partial charge in [0.1, 0.15) is 6.54 Å². The molecule has 2 saturated heterocycles. The Labute approximate surface area is 172 Å². The molecule has 0 bridgehead atoms. The molecule has 0 aromatic heterocycles. The number of rotatable bonds is 3. The molecule has 0 spiro atoms. The molecule has 2 atom stereocenters. The maximum atomic E-state index is 13.3. The van der Waals surface area contributed by atoms with Gasteiger partial charge in [0.05, 0.1) is 23.3 Å². The van der Waals surface area contributed by atoms with Gasteiger partial charge < -0.3 is 10.2 Å². The number of carbonyl (C=O) groups excluding carboxylic acids is 3. The van der Waals surface area contributed by atoms with Crippen LogP contribution in [0.2, 0.25) is 0 Å². The predicted molar refractivity (Wildman–Crippen MR) is 112 cm³/mol. The van der Waals surface area contributed by atoms with E-state index in [0.717, 1.165) is 51.0 Å². The Morgan fingerprint density at radius 1 is 1.07 bits per heavy atom. The van der Waals surface area contributed by atoms with Gasteiger partial charge >= 0.3 is 0 Å². The van der Waals surface area contributed by atoms with E-state index in [1.54, 1.807) is 4.90 Å². The summed E-state index contributed by atoms with van der Waals surface area (Å²) in [6.45, 7) is 5.07. The van der Waals surface area contributed by atoms with Gasteiger partial charge in [-0.15, -0.1) is 0 Å². The van der Waals surface area contributed by atoms with Crippen molar-refractivity contribution in [3.8, 4) is 0 Å². The van der Waals surface area contributed by atoms with Gasteiger partial charge in [-0.2, -0.15) is 0 Å². The van der Waals surface area contributed by atoms with Crippen molar-refractivity contribution in [3.63, 3.8) is 0 Å². The Balaban J connectivity index is 1.45. The average Bonchev–Trinajstić information content (AvgIpc) is 2.77. The zero-order chi connectivity index (χ0) is 20.4. The fourth-order valence-corrected chi connectivity index (χ4v) is 4.74. The van der Waals surface area contributed by atoms with Crippen LogP contribution in [0.3, 0.4) is 0 Å². The molecule has 3 aliphatic heterocycles. The van der Waals surface area contributed by atoms with E-state index in [-0.39, 0.29) is 36.2 Å². The minimum Gasteiger partial charge on any atom is -0.342 e. The van der Waals surface area contributed by atoms with Gasteiger partial charge in [-0.1, -0.05) is 12.1 Å². The van der Waals surface area contributed by atoms with Crippen molar-refractivity contribution in [2.24, 2.45) is 5.92 Å². The summed E-state index contributed by atoms with van der Waals surface area (Å²) < 4.78 is 0. The molecule has 7 heteroatoms. The summed E-state index contributed by atoms with van der Waals surface area (Å²) in [5.74, 6) is -0.0507. The number of para-hydroxylation sites is 2. The number of fused-ring (bicyclic) bond motifs is 1. The first kappa shape index (κ1) is 19.9. The third kappa shape index (κ3) is 4.15. The molecule has 29 heavy (non-hydrogen) atoms. The molecule has 1 N–H and O–H groups in total. The van der Waals surface area contributed by atoms with E-state index in [1.165, 1.54) is 6.42 Å². The second-order valence-corrected chi connectivity index (χ2v) is 8.39. The number of amides is 3. The molecular formula is C22H30N4O3. The minimum absolute atomic E-state index is 0.0319. The van der Waals surface area contributed by atoms with E-state index in [0.29, 0.717) is 12.2 Å². The Morgan fingerprint density at radius 2 is 1.83 bits per heavy atom. The summed E-state index contributed by atoms with van der Waals surface area (Å²) >= 11 is 0. The molecule has 1 aromatic carbocycles. The lowest BCUT2D eigenvalue weighted by atomic mass is 9.94. The lowest BCUT2D eigenvalue weighted by molar-refractivity contribution is -0.139. The summed E-state index contributed by atoms with van der Waals surface area (Å²) in [5.41, 5.74) is 1.41. The highest BCUT2D eigenvalue weighted by Gasteiger charge is 2.36. The van der Waals surface area contributed by atoms with Gasteiger partial charge in [-0.3, -0.25) is 24.2 Å². The molecule has 2 fully saturated rings. The number of nitrogens with zero attached hydrogens (tertiary/aromatic N) is 3. The Kier molecular flexibility index (Phi) is 5.85. The normalized spacial score (nSPS) is 23.9. The summed E-state index contributed by atoms with van der Waals surface area (Å²) in [6.07, 6.45) is 5.19. The Hall–Kier alpha value is -2.41. The van der Waals surface area contributed by atoms with E-state index >= 15 is 0 Å². The summed E-state index contributed by atoms with van der Waals surface area (Å²) in [6, 6.07) is 7.02. The summed E-state index contributed by atoms with van der Waals surface area (Å²) in [4.78, 5) is 44.0. The molecule has 0 radical (unpaired) electrons. The number of hydrogen-bond donors (Lipinski definition) is 1. The van der Waals surface area contributed by atoms with Crippen LogP contribution in [0, 0.1) is 5.92 Å². The van der Waals surface area contributed by atoms with E-state index in [9.17, 15) is 14.4 Å². The Morgan fingerprint density at radius 3 is 2.62 bits per heavy atom.